The zero-order valence-electron chi connectivity index (χ0n) is 11.2. The van der Waals surface area contributed by atoms with Gasteiger partial charge < -0.3 is 10.6 Å². The molecule has 0 aromatic heterocycles. The van der Waals surface area contributed by atoms with Crippen molar-refractivity contribution in [3.63, 3.8) is 0 Å². The van der Waals surface area contributed by atoms with Crippen LogP contribution in [0.5, 0.6) is 0 Å². The molecule has 1 aromatic rings. The highest BCUT2D eigenvalue weighted by Crippen LogP contribution is 2.30. The molecule has 1 aliphatic rings. The molecule has 2 amide bonds. The van der Waals surface area contributed by atoms with Crippen molar-refractivity contribution in [1.82, 2.24) is 4.90 Å². The molecule has 19 heavy (non-hydrogen) atoms. The number of carbonyl (C=O) groups is 2. The number of thioether (sulfide) groups is 1. The molecule has 1 aromatic carbocycles. The van der Waals surface area contributed by atoms with Crippen LogP contribution < -0.4 is 5.73 Å². The second kappa shape index (κ2) is 5.25. The molecule has 2 N–H and O–H groups in total. The first-order chi connectivity index (χ1) is 8.89. The normalized spacial score (nSPS) is 18.1. The highest BCUT2D eigenvalue weighted by atomic mass is 32.2. The lowest BCUT2D eigenvalue weighted by Gasteiger charge is -2.37. The first kappa shape index (κ1) is 13.9. The molecule has 0 saturated carbocycles. The van der Waals surface area contributed by atoms with Gasteiger partial charge in [0.05, 0.1) is 0 Å². The molecular weight excluding hydrogens is 260 g/mol. The molecule has 0 spiro atoms. The van der Waals surface area contributed by atoms with Crippen LogP contribution in [0.4, 0.5) is 0 Å². The van der Waals surface area contributed by atoms with Crippen LogP contribution in [-0.2, 0) is 0 Å². The first-order valence-electron chi connectivity index (χ1n) is 6.22. The second-order valence-electron chi connectivity index (χ2n) is 5.28. The van der Waals surface area contributed by atoms with E-state index >= 15 is 0 Å². The summed E-state index contributed by atoms with van der Waals surface area (Å²) in [7, 11) is 0. The van der Waals surface area contributed by atoms with Crippen LogP contribution in [-0.4, -0.2) is 40.3 Å². The third-order valence-corrected chi connectivity index (χ3v) is 4.43. The van der Waals surface area contributed by atoms with E-state index in [2.05, 4.69) is 13.8 Å². The molecule has 0 bridgehead atoms. The van der Waals surface area contributed by atoms with Crippen molar-refractivity contribution in [1.29, 1.82) is 0 Å². The molecule has 102 valence electrons. The Hall–Kier alpha value is -1.49. The standard InChI is InChI=1S/C14H18N2O2S/c1-14(2)9-16(7-8-19-14)13(18)11-5-3-10(4-6-11)12(15)17/h3-6H,7-9H2,1-2H3,(H2,15,17). The molecule has 0 radical (unpaired) electrons. The van der Waals surface area contributed by atoms with E-state index in [0.29, 0.717) is 11.1 Å². The summed E-state index contributed by atoms with van der Waals surface area (Å²) in [6.45, 7) is 5.80. The van der Waals surface area contributed by atoms with Gasteiger partial charge in [-0.3, -0.25) is 9.59 Å². The van der Waals surface area contributed by atoms with E-state index in [-0.39, 0.29) is 10.7 Å². The van der Waals surface area contributed by atoms with Crippen LogP contribution in [0.2, 0.25) is 0 Å². The Bertz CT molecular complexity index is 497. The predicted molar refractivity (Wildman–Crippen MR) is 77.4 cm³/mol. The quantitative estimate of drug-likeness (QED) is 0.896. The van der Waals surface area contributed by atoms with Gasteiger partial charge in [0.15, 0.2) is 0 Å². The Balaban J connectivity index is 2.13. The van der Waals surface area contributed by atoms with Gasteiger partial charge in [-0.25, -0.2) is 0 Å². The fourth-order valence-corrected chi connectivity index (χ4v) is 3.26. The van der Waals surface area contributed by atoms with E-state index in [9.17, 15) is 9.59 Å². The number of amides is 2. The number of nitrogens with zero attached hydrogens (tertiary/aromatic N) is 1. The lowest BCUT2D eigenvalue weighted by Crippen LogP contribution is -2.46. The maximum absolute atomic E-state index is 12.4. The number of benzene rings is 1. The average molecular weight is 278 g/mol. The Kier molecular flexibility index (Phi) is 3.85. The van der Waals surface area contributed by atoms with E-state index in [1.165, 1.54) is 0 Å². The van der Waals surface area contributed by atoms with Crippen molar-refractivity contribution in [3.8, 4) is 0 Å². The second-order valence-corrected chi connectivity index (χ2v) is 7.08. The first-order valence-corrected chi connectivity index (χ1v) is 7.21. The van der Waals surface area contributed by atoms with Crippen molar-refractivity contribution in [2.24, 2.45) is 5.73 Å². The topological polar surface area (TPSA) is 63.4 Å². The van der Waals surface area contributed by atoms with Gasteiger partial charge >= 0.3 is 0 Å². The van der Waals surface area contributed by atoms with Crippen molar-refractivity contribution < 1.29 is 9.59 Å². The molecule has 1 saturated heterocycles. The van der Waals surface area contributed by atoms with Crippen molar-refractivity contribution in [2.45, 2.75) is 18.6 Å². The Morgan fingerprint density at radius 2 is 1.79 bits per heavy atom. The van der Waals surface area contributed by atoms with E-state index in [4.69, 9.17) is 5.73 Å². The molecule has 1 fully saturated rings. The Morgan fingerprint density at radius 1 is 1.21 bits per heavy atom. The minimum Gasteiger partial charge on any atom is -0.366 e. The van der Waals surface area contributed by atoms with Gasteiger partial charge in [0.1, 0.15) is 0 Å². The molecular formula is C14H18N2O2S. The molecule has 2 rings (SSSR count). The van der Waals surface area contributed by atoms with Crippen molar-refractivity contribution in [3.05, 3.63) is 35.4 Å². The smallest absolute Gasteiger partial charge is 0.253 e. The van der Waals surface area contributed by atoms with Crippen LogP contribution in [0.3, 0.4) is 0 Å². The minimum absolute atomic E-state index is 0.0180. The molecule has 0 unspecified atom stereocenters. The maximum Gasteiger partial charge on any atom is 0.253 e. The summed E-state index contributed by atoms with van der Waals surface area (Å²) in [5, 5.41) is 0. The zero-order valence-corrected chi connectivity index (χ0v) is 12.0. The largest absolute Gasteiger partial charge is 0.366 e. The average Bonchev–Trinajstić information content (AvgIpc) is 2.37. The number of hydrogen-bond acceptors (Lipinski definition) is 3. The SMILES string of the molecule is CC1(C)CN(C(=O)c2ccc(C(N)=O)cc2)CCS1. The molecule has 1 aliphatic heterocycles. The molecule has 5 heteroatoms. The van der Waals surface area contributed by atoms with E-state index in [1.54, 1.807) is 24.3 Å². The summed E-state index contributed by atoms with van der Waals surface area (Å²) in [6, 6.07) is 6.52. The van der Waals surface area contributed by atoms with Crippen molar-refractivity contribution >= 4 is 23.6 Å². The lowest BCUT2D eigenvalue weighted by molar-refractivity contribution is 0.0747. The molecule has 0 aliphatic carbocycles. The van der Waals surface area contributed by atoms with Gasteiger partial charge in [0.2, 0.25) is 5.91 Å². The van der Waals surface area contributed by atoms with Gasteiger partial charge in [-0.1, -0.05) is 0 Å². The molecule has 0 atom stereocenters. The summed E-state index contributed by atoms with van der Waals surface area (Å²) in [4.78, 5) is 25.2. The predicted octanol–water partition coefficient (Wildman–Crippen LogP) is 1.75. The van der Waals surface area contributed by atoms with Gasteiger partial charge in [0, 0.05) is 34.7 Å². The number of rotatable bonds is 2. The monoisotopic (exact) mass is 278 g/mol. The van der Waals surface area contributed by atoms with Gasteiger partial charge in [-0.2, -0.15) is 11.8 Å². The van der Waals surface area contributed by atoms with Crippen LogP contribution in [0.1, 0.15) is 34.6 Å². The highest BCUT2D eigenvalue weighted by molar-refractivity contribution is 8.00. The van der Waals surface area contributed by atoms with Crippen molar-refractivity contribution in [2.75, 3.05) is 18.8 Å². The van der Waals surface area contributed by atoms with E-state index < -0.39 is 5.91 Å². The van der Waals surface area contributed by atoms with Crippen LogP contribution >= 0.6 is 11.8 Å². The minimum atomic E-state index is -0.477. The van der Waals surface area contributed by atoms with Gasteiger partial charge in [0.25, 0.3) is 5.91 Å². The van der Waals surface area contributed by atoms with E-state index in [0.717, 1.165) is 18.8 Å². The third kappa shape index (κ3) is 3.29. The Morgan fingerprint density at radius 3 is 2.32 bits per heavy atom. The zero-order chi connectivity index (χ0) is 14.0. The highest BCUT2D eigenvalue weighted by Gasteiger charge is 2.30. The van der Waals surface area contributed by atoms with E-state index in [1.807, 2.05) is 16.7 Å². The molecule has 4 nitrogen and oxygen atoms in total. The summed E-state index contributed by atoms with van der Waals surface area (Å²) >= 11 is 1.89. The number of primary amides is 1. The number of hydrogen-bond donors (Lipinski definition) is 1. The Labute approximate surface area is 117 Å². The summed E-state index contributed by atoms with van der Waals surface area (Å²) in [5.74, 6) is 0.497. The fourth-order valence-electron chi connectivity index (χ4n) is 2.15. The summed E-state index contributed by atoms with van der Waals surface area (Å²) < 4.78 is 0.0983. The van der Waals surface area contributed by atoms with Gasteiger partial charge in [-0.05, 0) is 38.1 Å². The lowest BCUT2D eigenvalue weighted by atomic mass is 10.1. The van der Waals surface area contributed by atoms with Gasteiger partial charge in [-0.15, -0.1) is 0 Å². The third-order valence-electron chi connectivity index (χ3n) is 3.13. The maximum atomic E-state index is 12.4. The van der Waals surface area contributed by atoms with Crippen LogP contribution in [0.25, 0.3) is 0 Å². The van der Waals surface area contributed by atoms with Crippen LogP contribution in [0, 0.1) is 0 Å². The number of nitrogens with two attached hydrogens (primary N) is 1. The summed E-state index contributed by atoms with van der Waals surface area (Å²) in [5.41, 5.74) is 6.21. The number of carbonyl (C=O) groups excluding carboxylic acids is 2. The molecule has 1 heterocycles. The summed E-state index contributed by atoms with van der Waals surface area (Å²) in [6.07, 6.45) is 0. The van der Waals surface area contributed by atoms with Crippen LogP contribution in [0.15, 0.2) is 24.3 Å². The fraction of sp³-hybridized carbons (Fsp3) is 0.429.